The molecule has 0 heterocycles. The van der Waals surface area contributed by atoms with Crippen LogP contribution in [0.2, 0.25) is 0 Å². The molecule has 0 aliphatic heterocycles. The highest BCUT2D eigenvalue weighted by Gasteiger charge is 2.16. The summed E-state index contributed by atoms with van der Waals surface area (Å²) in [5, 5.41) is 2.80. The highest BCUT2D eigenvalue weighted by molar-refractivity contribution is 14.1. The van der Waals surface area contributed by atoms with Gasteiger partial charge in [-0.25, -0.2) is 0 Å². The smallest absolute Gasteiger partial charge is 0.0290 e. The molecule has 3 rings (SSSR count). The molecule has 0 aliphatic rings. The summed E-state index contributed by atoms with van der Waals surface area (Å²) in [6.45, 7) is 4.54. The van der Waals surface area contributed by atoms with Crippen LogP contribution < -0.4 is 0 Å². The molecule has 0 bridgehead atoms. The molecular weight excluding hydrogens is 367 g/mol. The summed E-state index contributed by atoms with van der Waals surface area (Å²) in [6.07, 6.45) is 2.16. The molecule has 3 aromatic carbocycles. The second-order valence-electron chi connectivity index (χ2n) is 5.26. The van der Waals surface area contributed by atoms with Gasteiger partial charge in [-0.2, -0.15) is 0 Å². The zero-order valence-corrected chi connectivity index (χ0v) is 14.6. The van der Waals surface area contributed by atoms with E-state index in [2.05, 4.69) is 91.0 Å². The average Bonchev–Trinajstić information content (AvgIpc) is 2.55. The van der Waals surface area contributed by atoms with Gasteiger partial charge in [0, 0.05) is 3.57 Å². The van der Waals surface area contributed by atoms with Gasteiger partial charge in [0.1, 0.15) is 0 Å². The van der Waals surface area contributed by atoms with Crippen LogP contribution in [-0.4, -0.2) is 0 Å². The van der Waals surface area contributed by atoms with Crippen LogP contribution in [0.5, 0.6) is 0 Å². The Balaban J connectivity index is 2.46. The van der Waals surface area contributed by atoms with Gasteiger partial charge in [-0.15, -0.1) is 0 Å². The summed E-state index contributed by atoms with van der Waals surface area (Å²) in [4.78, 5) is 0. The van der Waals surface area contributed by atoms with Gasteiger partial charge < -0.3 is 0 Å². The molecule has 0 N–H and O–H groups in total. The molecule has 0 radical (unpaired) electrons. The van der Waals surface area contributed by atoms with Gasteiger partial charge in [0.05, 0.1) is 0 Å². The molecule has 0 nitrogen and oxygen atoms in total. The molecule has 0 fully saturated rings. The minimum absolute atomic E-state index is 1.08. The molecule has 0 aliphatic carbocycles. The molecule has 106 valence electrons. The summed E-state index contributed by atoms with van der Waals surface area (Å²) >= 11 is 2.52. The van der Waals surface area contributed by atoms with Crippen molar-refractivity contribution in [1.82, 2.24) is 0 Å². The maximum atomic E-state index is 2.52. The monoisotopic (exact) mass is 386 g/mol. The molecule has 0 amide bonds. The van der Waals surface area contributed by atoms with E-state index in [1.165, 1.54) is 36.6 Å². The van der Waals surface area contributed by atoms with E-state index < -0.39 is 0 Å². The Morgan fingerprint density at radius 1 is 0.714 bits per heavy atom. The standard InChI is InChI=1S/C20H19I/c1-3-15-16(4-2)19(14-10-6-5-7-11-14)20(21)18-13-9-8-12-17(15)18/h5-13H,3-4H2,1-2H3. The van der Waals surface area contributed by atoms with Crippen LogP contribution >= 0.6 is 22.6 Å². The van der Waals surface area contributed by atoms with Crippen molar-refractivity contribution in [3.05, 3.63) is 69.3 Å². The average molecular weight is 386 g/mol. The highest BCUT2D eigenvalue weighted by Crippen LogP contribution is 2.38. The lowest BCUT2D eigenvalue weighted by Gasteiger charge is -2.19. The summed E-state index contributed by atoms with van der Waals surface area (Å²) in [7, 11) is 0. The van der Waals surface area contributed by atoms with Crippen molar-refractivity contribution in [3.63, 3.8) is 0 Å². The Bertz CT molecular complexity index is 773. The van der Waals surface area contributed by atoms with E-state index >= 15 is 0 Å². The van der Waals surface area contributed by atoms with Crippen molar-refractivity contribution in [2.24, 2.45) is 0 Å². The maximum Gasteiger partial charge on any atom is 0.0290 e. The summed E-state index contributed by atoms with van der Waals surface area (Å²) in [5.41, 5.74) is 5.77. The molecule has 0 saturated heterocycles. The largest absolute Gasteiger partial charge is 0.0622 e. The molecule has 0 atom stereocenters. The topological polar surface area (TPSA) is 0 Å². The number of hydrogen-bond donors (Lipinski definition) is 0. The molecule has 3 aromatic rings. The van der Waals surface area contributed by atoms with Gasteiger partial charge in [0.25, 0.3) is 0 Å². The first-order valence-electron chi connectivity index (χ1n) is 7.55. The number of benzene rings is 3. The first-order chi connectivity index (χ1) is 10.3. The van der Waals surface area contributed by atoms with Crippen molar-refractivity contribution < 1.29 is 0 Å². The molecular formula is C20H19I. The number of halogens is 1. The lowest BCUT2D eigenvalue weighted by atomic mass is 9.88. The van der Waals surface area contributed by atoms with Crippen LogP contribution in [-0.2, 0) is 12.8 Å². The Morgan fingerprint density at radius 3 is 1.90 bits per heavy atom. The minimum atomic E-state index is 1.08. The Hall–Kier alpha value is -1.35. The molecule has 0 spiro atoms. The Labute approximate surface area is 140 Å². The van der Waals surface area contributed by atoms with Gasteiger partial charge >= 0.3 is 0 Å². The fourth-order valence-electron chi connectivity index (χ4n) is 3.22. The number of aryl methyl sites for hydroxylation is 1. The normalized spacial score (nSPS) is 11.0. The summed E-state index contributed by atoms with van der Waals surface area (Å²) < 4.78 is 1.38. The van der Waals surface area contributed by atoms with Crippen molar-refractivity contribution in [2.75, 3.05) is 0 Å². The lowest BCUT2D eigenvalue weighted by molar-refractivity contribution is 1.05. The second kappa shape index (κ2) is 6.18. The zero-order chi connectivity index (χ0) is 14.8. The number of fused-ring (bicyclic) bond motifs is 1. The Kier molecular flexibility index (Phi) is 4.29. The van der Waals surface area contributed by atoms with E-state index in [-0.39, 0.29) is 0 Å². The van der Waals surface area contributed by atoms with E-state index in [9.17, 15) is 0 Å². The first kappa shape index (κ1) is 14.6. The van der Waals surface area contributed by atoms with Gasteiger partial charge in [-0.1, -0.05) is 68.4 Å². The first-order valence-corrected chi connectivity index (χ1v) is 8.63. The lowest BCUT2D eigenvalue weighted by Crippen LogP contribution is -2.00. The van der Waals surface area contributed by atoms with E-state index in [4.69, 9.17) is 0 Å². The van der Waals surface area contributed by atoms with E-state index in [0.717, 1.165) is 12.8 Å². The van der Waals surface area contributed by atoms with Gasteiger partial charge in [-0.3, -0.25) is 0 Å². The van der Waals surface area contributed by atoms with Crippen molar-refractivity contribution in [2.45, 2.75) is 26.7 Å². The third-order valence-electron chi connectivity index (χ3n) is 4.14. The van der Waals surface area contributed by atoms with Gasteiger partial charge in [0.15, 0.2) is 0 Å². The highest BCUT2D eigenvalue weighted by atomic mass is 127. The predicted molar refractivity (Wildman–Crippen MR) is 101 cm³/mol. The van der Waals surface area contributed by atoms with Crippen LogP contribution in [0.4, 0.5) is 0 Å². The van der Waals surface area contributed by atoms with Crippen LogP contribution in [0.25, 0.3) is 21.9 Å². The van der Waals surface area contributed by atoms with Crippen LogP contribution in [0, 0.1) is 3.57 Å². The van der Waals surface area contributed by atoms with Crippen LogP contribution in [0.15, 0.2) is 54.6 Å². The quantitative estimate of drug-likeness (QED) is 0.468. The summed E-state index contributed by atoms with van der Waals surface area (Å²) in [6, 6.07) is 19.6. The molecule has 0 saturated carbocycles. The van der Waals surface area contributed by atoms with Crippen LogP contribution in [0.1, 0.15) is 25.0 Å². The van der Waals surface area contributed by atoms with E-state index in [1.807, 2.05) is 0 Å². The number of rotatable bonds is 3. The number of hydrogen-bond acceptors (Lipinski definition) is 0. The third kappa shape index (κ3) is 2.48. The van der Waals surface area contributed by atoms with E-state index in [0.29, 0.717) is 0 Å². The maximum absolute atomic E-state index is 2.52. The van der Waals surface area contributed by atoms with Crippen molar-refractivity contribution in [3.8, 4) is 11.1 Å². The Morgan fingerprint density at radius 2 is 1.29 bits per heavy atom. The fourth-order valence-corrected chi connectivity index (χ4v) is 4.33. The zero-order valence-electron chi connectivity index (χ0n) is 12.5. The molecule has 1 heteroatoms. The minimum Gasteiger partial charge on any atom is -0.0622 e. The molecule has 0 aromatic heterocycles. The summed E-state index contributed by atoms with van der Waals surface area (Å²) in [5.74, 6) is 0. The van der Waals surface area contributed by atoms with E-state index in [1.54, 1.807) is 0 Å². The fraction of sp³-hybridized carbons (Fsp3) is 0.200. The van der Waals surface area contributed by atoms with Crippen molar-refractivity contribution >= 4 is 33.4 Å². The van der Waals surface area contributed by atoms with Crippen LogP contribution in [0.3, 0.4) is 0 Å². The molecule has 21 heavy (non-hydrogen) atoms. The SMILES string of the molecule is CCc1c(-c2ccccc2)c(I)c2ccccc2c1CC. The molecule has 0 unspecified atom stereocenters. The third-order valence-corrected chi connectivity index (χ3v) is 5.26. The van der Waals surface area contributed by atoms with Crippen molar-refractivity contribution in [1.29, 1.82) is 0 Å². The van der Waals surface area contributed by atoms with Gasteiger partial charge in [-0.05, 0) is 68.5 Å². The van der Waals surface area contributed by atoms with Gasteiger partial charge in [0.2, 0.25) is 0 Å². The second-order valence-corrected chi connectivity index (χ2v) is 6.34. The predicted octanol–water partition coefficient (Wildman–Crippen LogP) is 6.24.